The van der Waals surface area contributed by atoms with Gasteiger partial charge in [0.25, 0.3) is 5.91 Å². The summed E-state index contributed by atoms with van der Waals surface area (Å²) in [5.41, 5.74) is 2.14. The molecule has 25 heavy (non-hydrogen) atoms. The minimum atomic E-state index is -0.168. The van der Waals surface area contributed by atoms with Crippen LogP contribution in [0.1, 0.15) is 23.3 Å². The minimum absolute atomic E-state index is 0.138. The van der Waals surface area contributed by atoms with Crippen LogP contribution in [0.15, 0.2) is 36.9 Å². The van der Waals surface area contributed by atoms with Crippen LogP contribution in [-0.2, 0) is 7.05 Å². The van der Waals surface area contributed by atoms with Gasteiger partial charge in [-0.3, -0.25) is 14.3 Å². The Labute approximate surface area is 144 Å². The molecule has 0 atom stereocenters. The van der Waals surface area contributed by atoms with E-state index in [0.29, 0.717) is 5.69 Å². The lowest BCUT2D eigenvalue weighted by Crippen LogP contribution is -2.45. The molecule has 0 bridgehead atoms. The molecule has 1 fully saturated rings. The Hall–Kier alpha value is -3.03. The number of aromatic nitrogens is 5. The smallest absolute Gasteiger partial charge is 0.271 e. The predicted octanol–water partition coefficient (Wildman–Crippen LogP) is 1.16. The average molecular weight is 337 g/mol. The van der Waals surface area contributed by atoms with E-state index < -0.39 is 0 Å². The first-order valence-corrected chi connectivity index (χ1v) is 8.31. The van der Waals surface area contributed by atoms with Crippen LogP contribution < -0.4 is 10.2 Å². The van der Waals surface area contributed by atoms with Gasteiger partial charge < -0.3 is 10.2 Å². The molecule has 0 unspecified atom stereocenters. The van der Waals surface area contributed by atoms with E-state index in [4.69, 9.17) is 4.98 Å². The largest absolute Gasteiger partial charge is 0.348 e. The molecule has 4 rings (SSSR count). The molecule has 8 nitrogen and oxygen atoms in total. The van der Waals surface area contributed by atoms with E-state index in [-0.39, 0.29) is 11.9 Å². The molecule has 4 heterocycles. The third kappa shape index (κ3) is 3.02. The van der Waals surface area contributed by atoms with Gasteiger partial charge in [-0.05, 0) is 25.0 Å². The highest BCUT2D eigenvalue weighted by Gasteiger charge is 2.24. The molecular weight excluding hydrogens is 318 g/mol. The van der Waals surface area contributed by atoms with E-state index in [1.54, 1.807) is 12.4 Å². The number of anilines is 1. The van der Waals surface area contributed by atoms with Crippen molar-refractivity contribution < 1.29 is 4.79 Å². The topological polar surface area (TPSA) is 88.8 Å². The Balaban J connectivity index is 1.41. The predicted molar refractivity (Wildman–Crippen MR) is 93.2 cm³/mol. The second-order valence-corrected chi connectivity index (χ2v) is 6.14. The van der Waals surface area contributed by atoms with Gasteiger partial charge in [0.1, 0.15) is 11.2 Å². The monoisotopic (exact) mass is 337 g/mol. The zero-order valence-electron chi connectivity index (χ0n) is 14.0. The minimum Gasteiger partial charge on any atom is -0.348 e. The first-order valence-electron chi connectivity index (χ1n) is 8.31. The van der Waals surface area contributed by atoms with Crippen molar-refractivity contribution >= 4 is 23.0 Å². The maximum atomic E-state index is 12.2. The average Bonchev–Trinajstić information content (AvgIpc) is 3.00. The highest BCUT2D eigenvalue weighted by atomic mass is 16.1. The number of rotatable bonds is 3. The van der Waals surface area contributed by atoms with Crippen molar-refractivity contribution in [3.63, 3.8) is 0 Å². The van der Waals surface area contributed by atoms with Crippen molar-refractivity contribution in [3.8, 4) is 0 Å². The van der Waals surface area contributed by atoms with Crippen molar-refractivity contribution in [1.29, 1.82) is 0 Å². The van der Waals surface area contributed by atoms with E-state index in [2.05, 4.69) is 25.2 Å². The van der Waals surface area contributed by atoms with Crippen LogP contribution in [0.5, 0.6) is 0 Å². The quantitative estimate of drug-likeness (QED) is 0.771. The van der Waals surface area contributed by atoms with E-state index in [1.807, 2.05) is 23.7 Å². The van der Waals surface area contributed by atoms with Crippen LogP contribution in [-0.4, -0.2) is 49.5 Å². The van der Waals surface area contributed by atoms with Gasteiger partial charge >= 0.3 is 0 Å². The van der Waals surface area contributed by atoms with E-state index in [1.165, 1.54) is 12.4 Å². The lowest BCUT2D eigenvalue weighted by Gasteiger charge is -2.32. The molecule has 128 valence electrons. The summed E-state index contributed by atoms with van der Waals surface area (Å²) in [4.78, 5) is 31.5. The molecule has 1 aliphatic heterocycles. The number of amides is 1. The molecule has 1 saturated heterocycles. The number of hydrogen-bond donors (Lipinski definition) is 1. The molecule has 0 spiro atoms. The summed E-state index contributed by atoms with van der Waals surface area (Å²) >= 11 is 0. The van der Waals surface area contributed by atoms with Crippen molar-refractivity contribution in [1.82, 2.24) is 29.8 Å². The maximum Gasteiger partial charge on any atom is 0.271 e. The fourth-order valence-corrected chi connectivity index (χ4v) is 3.19. The molecule has 0 saturated carbocycles. The fraction of sp³-hybridized carbons (Fsp3) is 0.353. The molecule has 1 N–H and O–H groups in total. The Morgan fingerprint density at radius 3 is 2.76 bits per heavy atom. The van der Waals surface area contributed by atoms with Crippen LogP contribution in [0, 0.1) is 0 Å². The summed E-state index contributed by atoms with van der Waals surface area (Å²) < 4.78 is 2.02. The van der Waals surface area contributed by atoms with Gasteiger partial charge in [-0.15, -0.1) is 0 Å². The SMILES string of the molecule is Cn1c(N2CCC(NC(=O)c3cnccn3)CC2)nc2cccnc21. The molecule has 0 radical (unpaired) electrons. The molecular formula is C17H19N7O. The number of carbonyl (C=O) groups is 1. The summed E-state index contributed by atoms with van der Waals surface area (Å²) in [7, 11) is 1.99. The summed E-state index contributed by atoms with van der Waals surface area (Å²) in [5.74, 6) is 0.755. The number of imidazole rings is 1. The number of nitrogens with zero attached hydrogens (tertiary/aromatic N) is 6. The lowest BCUT2D eigenvalue weighted by atomic mass is 10.1. The molecule has 1 amide bonds. The van der Waals surface area contributed by atoms with Gasteiger partial charge in [0.05, 0.1) is 6.20 Å². The highest BCUT2D eigenvalue weighted by molar-refractivity contribution is 5.92. The van der Waals surface area contributed by atoms with Crippen LogP contribution in [0.4, 0.5) is 5.95 Å². The summed E-state index contributed by atoms with van der Waals surface area (Å²) in [5, 5.41) is 3.04. The molecule has 8 heteroatoms. The highest BCUT2D eigenvalue weighted by Crippen LogP contribution is 2.22. The second-order valence-electron chi connectivity index (χ2n) is 6.14. The summed E-state index contributed by atoms with van der Waals surface area (Å²) in [6, 6.07) is 4.01. The molecule has 0 aliphatic carbocycles. The van der Waals surface area contributed by atoms with E-state index in [9.17, 15) is 4.79 Å². The third-order valence-electron chi connectivity index (χ3n) is 4.51. The normalized spacial score (nSPS) is 15.5. The standard InChI is InChI=1S/C17H19N7O/c1-23-15-13(3-2-6-20-15)22-17(23)24-9-4-12(5-10-24)21-16(25)14-11-18-7-8-19-14/h2-3,6-8,11-12H,4-5,9-10H2,1H3,(H,21,25). The van der Waals surface area contributed by atoms with Gasteiger partial charge in [0.15, 0.2) is 5.65 Å². The first kappa shape index (κ1) is 15.5. The van der Waals surface area contributed by atoms with E-state index >= 15 is 0 Å². The number of nitrogens with one attached hydrogen (secondary N) is 1. The fourth-order valence-electron chi connectivity index (χ4n) is 3.19. The van der Waals surface area contributed by atoms with Gasteiger partial charge in [-0.25, -0.2) is 15.0 Å². The third-order valence-corrected chi connectivity index (χ3v) is 4.51. The molecule has 1 aliphatic rings. The Morgan fingerprint density at radius 1 is 1.20 bits per heavy atom. The van der Waals surface area contributed by atoms with Crippen LogP contribution in [0.2, 0.25) is 0 Å². The number of fused-ring (bicyclic) bond motifs is 1. The Morgan fingerprint density at radius 2 is 2.04 bits per heavy atom. The van der Waals surface area contributed by atoms with Gasteiger partial charge in [0, 0.05) is 44.8 Å². The summed E-state index contributed by atoms with van der Waals surface area (Å²) in [6.45, 7) is 1.67. The number of piperidine rings is 1. The van der Waals surface area contributed by atoms with Crippen LogP contribution in [0.3, 0.4) is 0 Å². The summed E-state index contributed by atoms with van der Waals surface area (Å²) in [6.07, 6.45) is 8.07. The number of aryl methyl sites for hydroxylation is 1. The van der Waals surface area contributed by atoms with Crippen molar-refractivity contribution in [2.45, 2.75) is 18.9 Å². The van der Waals surface area contributed by atoms with Gasteiger partial charge in [-0.1, -0.05) is 0 Å². The van der Waals surface area contributed by atoms with Crippen LogP contribution >= 0.6 is 0 Å². The van der Waals surface area contributed by atoms with Crippen molar-refractivity contribution in [3.05, 3.63) is 42.6 Å². The number of pyridine rings is 1. The van der Waals surface area contributed by atoms with Crippen molar-refractivity contribution in [2.24, 2.45) is 7.05 Å². The molecule has 3 aromatic rings. The lowest BCUT2D eigenvalue weighted by molar-refractivity contribution is 0.0925. The zero-order valence-corrected chi connectivity index (χ0v) is 14.0. The van der Waals surface area contributed by atoms with Crippen LogP contribution in [0.25, 0.3) is 11.2 Å². The van der Waals surface area contributed by atoms with Gasteiger partial charge in [-0.2, -0.15) is 0 Å². The maximum absolute atomic E-state index is 12.2. The Bertz CT molecular complexity index is 884. The van der Waals surface area contributed by atoms with E-state index in [0.717, 1.165) is 43.0 Å². The van der Waals surface area contributed by atoms with Gasteiger partial charge in [0.2, 0.25) is 5.95 Å². The zero-order chi connectivity index (χ0) is 17.2. The Kier molecular flexibility index (Phi) is 4.01. The van der Waals surface area contributed by atoms with Crippen molar-refractivity contribution in [2.75, 3.05) is 18.0 Å². The molecule has 0 aromatic carbocycles. The molecule has 3 aromatic heterocycles. The second kappa shape index (κ2) is 6.46. The first-order chi connectivity index (χ1) is 12.2. The number of hydrogen-bond acceptors (Lipinski definition) is 6. The number of carbonyl (C=O) groups excluding carboxylic acids is 1.